The predicted octanol–water partition coefficient (Wildman–Crippen LogP) is 3.30. The second kappa shape index (κ2) is 7.83. The number of nitrogens with zero attached hydrogens (tertiary/aromatic N) is 4. The van der Waals surface area contributed by atoms with Crippen molar-refractivity contribution in [1.29, 1.82) is 0 Å². The summed E-state index contributed by atoms with van der Waals surface area (Å²) in [6.45, 7) is 8.78. The first-order chi connectivity index (χ1) is 10.3. The number of benzene rings is 1. The van der Waals surface area contributed by atoms with Crippen LogP contribution in [0.15, 0.2) is 40.4 Å². The lowest BCUT2D eigenvalue weighted by molar-refractivity contribution is 0.783. The smallest absolute Gasteiger partial charge is 0.231 e. The van der Waals surface area contributed by atoms with Crippen LogP contribution in [0.25, 0.3) is 0 Å². The molecular formula is C15H21N5S. The minimum atomic E-state index is 0.632. The van der Waals surface area contributed by atoms with Gasteiger partial charge in [0.2, 0.25) is 11.9 Å². The maximum Gasteiger partial charge on any atom is 0.231 e. The van der Waals surface area contributed by atoms with E-state index >= 15 is 0 Å². The Labute approximate surface area is 130 Å². The van der Waals surface area contributed by atoms with Crippen LogP contribution < -0.4 is 10.2 Å². The Morgan fingerprint density at radius 3 is 2.33 bits per heavy atom. The first-order valence-corrected chi connectivity index (χ1v) is 8.06. The average molecular weight is 303 g/mol. The van der Waals surface area contributed by atoms with E-state index in [-0.39, 0.29) is 0 Å². The van der Waals surface area contributed by atoms with Crippen molar-refractivity contribution in [2.24, 2.45) is 0 Å². The van der Waals surface area contributed by atoms with Crippen LogP contribution in [0.1, 0.15) is 20.8 Å². The van der Waals surface area contributed by atoms with Crippen LogP contribution in [-0.4, -0.2) is 34.6 Å². The van der Waals surface area contributed by atoms with Crippen molar-refractivity contribution in [3.63, 3.8) is 0 Å². The average Bonchev–Trinajstić information content (AvgIpc) is 2.50. The molecule has 5 nitrogen and oxygen atoms in total. The van der Waals surface area contributed by atoms with Gasteiger partial charge in [-0.05, 0) is 44.7 Å². The van der Waals surface area contributed by atoms with E-state index in [1.54, 1.807) is 11.8 Å². The molecule has 0 aliphatic rings. The highest BCUT2D eigenvalue weighted by Crippen LogP contribution is 2.26. The molecule has 0 unspecified atom stereocenters. The summed E-state index contributed by atoms with van der Waals surface area (Å²) in [6, 6.07) is 10.1. The number of nitrogens with one attached hydrogen (secondary N) is 1. The van der Waals surface area contributed by atoms with Gasteiger partial charge in [-0.3, -0.25) is 0 Å². The maximum atomic E-state index is 4.58. The molecule has 1 aromatic heterocycles. The van der Waals surface area contributed by atoms with Crippen LogP contribution in [0, 0.1) is 0 Å². The maximum absolute atomic E-state index is 4.58. The molecule has 1 aromatic carbocycles. The number of rotatable bonds is 7. The van der Waals surface area contributed by atoms with Gasteiger partial charge < -0.3 is 10.2 Å². The van der Waals surface area contributed by atoms with E-state index in [0.717, 1.165) is 30.5 Å². The van der Waals surface area contributed by atoms with Gasteiger partial charge in [0.05, 0.1) is 0 Å². The van der Waals surface area contributed by atoms with E-state index in [1.165, 1.54) is 0 Å². The summed E-state index contributed by atoms with van der Waals surface area (Å²) in [5.41, 5.74) is 0. The fourth-order valence-electron chi connectivity index (χ4n) is 1.87. The Morgan fingerprint density at radius 2 is 1.71 bits per heavy atom. The first-order valence-electron chi connectivity index (χ1n) is 7.24. The summed E-state index contributed by atoms with van der Waals surface area (Å²) in [6.07, 6.45) is 0. The lowest BCUT2D eigenvalue weighted by Gasteiger charge is -2.19. The van der Waals surface area contributed by atoms with E-state index in [0.29, 0.717) is 11.1 Å². The Balaban J connectivity index is 2.30. The molecule has 0 spiro atoms. The van der Waals surface area contributed by atoms with Gasteiger partial charge in [-0.15, -0.1) is 0 Å². The number of aromatic nitrogens is 3. The highest BCUT2D eigenvalue weighted by molar-refractivity contribution is 7.99. The molecule has 0 atom stereocenters. The van der Waals surface area contributed by atoms with Crippen molar-refractivity contribution in [2.75, 3.05) is 29.9 Å². The van der Waals surface area contributed by atoms with Crippen molar-refractivity contribution < 1.29 is 0 Å². The molecule has 0 amide bonds. The van der Waals surface area contributed by atoms with Gasteiger partial charge in [-0.25, -0.2) is 0 Å². The van der Waals surface area contributed by atoms with Crippen molar-refractivity contribution >= 4 is 23.7 Å². The van der Waals surface area contributed by atoms with Gasteiger partial charge in [0.1, 0.15) is 0 Å². The standard InChI is InChI=1S/C15H21N5S/c1-4-16-13-17-14(20(5-2)6-3)19-15(18-13)21-12-10-8-7-9-11-12/h7-11H,4-6H2,1-3H3,(H,16,17,18,19). The van der Waals surface area contributed by atoms with E-state index in [2.05, 4.69) is 51.1 Å². The fraction of sp³-hybridized carbons (Fsp3) is 0.400. The highest BCUT2D eigenvalue weighted by atomic mass is 32.2. The Hall–Kier alpha value is -1.82. The lowest BCUT2D eigenvalue weighted by Crippen LogP contribution is -2.25. The molecule has 0 aliphatic heterocycles. The van der Waals surface area contributed by atoms with E-state index in [1.807, 2.05) is 25.1 Å². The number of hydrogen-bond donors (Lipinski definition) is 1. The van der Waals surface area contributed by atoms with Gasteiger partial charge in [0.15, 0.2) is 5.16 Å². The summed E-state index contributed by atoms with van der Waals surface area (Å²) < 4.78 is 0. The summed E-state index contributed by atoms with van der Waals surface area (Å²) in [5, 5.41) is 3.89. The fourth-order valence-corrected chi connectivity index (χ4v) is 2.63. The topological polar surface area (TPSA) is 53.9 Å². The Bertz CT molecular complexity index is 557. The van der Waals surface area contributed by atoms with Crippen LogP contribution in [0.3, 0.4) is 0 Å². The van der Waals surface area contributed by atoms with Crippen LogP contribution in [0.2, 0.25) is 0 Å². The third-order valence-corrected chi connectivity index (χ3v) is 3.81. The van der Waals surface area contributed by atoms with Crippen LogP contribution >= 0.6 is 11.8 Å². The van der Waals surface area contributed by atoms with Gasteiger partial charge in [0, 0.05) is 24.5 Å². The normalized spacial score (nSPS) is 10.4. The molecule has 0 aliphatic carbocycles. The molecule has 0 saturated carbocycles. The van der Waals surface area contributed by atoms with Gasteiger partial charge in [0.25, 0.3) is 0 Å². The minimum absolute atomic E-state index is 0.632. The van der Waals surface area contributed by atoms with Crippen molar-refractivity contribution in [2.45, 2.75) is 30.8 Å². The summed E-state index contributed by atoms with van der Waals surface area (Å²) >= 11 is 1.55. The molecular weight excluding hydrogens is 282 g/mol. The zero-order chi connectivity index (χ0) is 15.1. The molecule has 0 fully saturated rings. The van der Waals surface area contributed by atoms with Crippen LogP contribution in [0.5, 0.6) is 0 Å². The molecule has 1 N–H and O–H groups in total. The van der Waals surface area contributed by atoms with E-state index in [4.69, 9.17) is 0 Å². The zero-order valence-electron chi connectivity index (χ0n) is 12.7. The lowest BCUT2D eigenvalue weighted by atomic mass is 10.4. The minimum Gasteiger partial charge on any atom is -0.354 e. The Morgan fingerprint density at radius 1 is 1.00 bits per heavy atom. The quantitative estimate of drug-likeness (QED) is 0.847. The second-order valence-electron chi connectivity index (χ2n) is 4.36. The van der Waals surface area contributed by atoms with Gasteiger partial charge >= 0.3 is 0 Å². The number of hydrogen-bond acceptors (Lipinski definition) is 6. The summed E-state index contributed by atoms with van der Waals surface area (Å²) in [7, 11) is 0. The molecule has 0 saturated heterocycles. The largest absolute Gasteiger partial charge is 0.354 e. The molecule has 2 aromatic rings. The number of anilines is 2. The van der Waals surface area contributed by atoms with E-state index < -0.39 is 0 Å². The highest BCUT2D eigenvalue weighted by Gasteiger charge is 2.11. The third kappa shape index (κ3) is 4.32. The van der Waals surface area contributed by atoms with Gasteiger partial charge in [-0.1, -0.05) is 18.2 Å². The second-order valence-corrected chi connectivity index (χ2v) is 5.40. The van der Waals surface area contributed by atoms with Crippen LogP contribution in [0.4, 0.5) is 11.9 Å². The molecule has 21 heavy (non-hydrogen) atoms. The van der Waals surface area contributed by atoms with Gasteiger partial charge in [-0.2, -0.15) is 15.0 Å². The molecule has 1 heterocycles. The monoisotopic (exact) mass is 303 g/mol. The SMILES string of the molecule is CCNc1nc(Sc2ccccc2)nc(N(CC)CC)n1. The molecule has 6 heteroatoms. The van der Waals surface area contributed by atoms with Crippen LogP contribution in [-0.2, 0) is 0 Å². The molecule has 0 radical (unpaired) electrons. The predicted molar refractivity (Wildman–Crippen MR) is 88.1 cm³/mol. The Kier molecular flexibility index (Phi) is 5.80. The molecule has 2 rings (SSSR count). The first kappa shape index (κ1) is 15.6. The third-order valence-electron chi connectivity index (χ3n) is 2.94. The van der Waals surface area contributed by atoms with Crippen molar-refractivity contribution in [1.82, 2.24) is 15.0 Å². The summed E-state index contributed by atoms with van der Waals surface area (Å²) in [5.74, 6) is 1.36. The van der Waals surface area contributed by atoms with Crippen molar-refractivity contribution in [3.05, 3.63) is 30.3 Å². The molecule has 112 valence electrons. The molecule has 0 bridgehead atoms. The van der Waals surface area contributed by atoms with E-state index in [9.17, 15) is 0 Å². The summed E-state index contributed by atoms with van der Waals surface area (Å²) in [4.78, 5) is 16.8. The zero-order valence-corrected chi connectivity index (χ0v) is 13.5. The van der Waals surface area contributed by atoms with Crippen molar-refractivity contribution in [3.8, 4) is 0 Å².